The number of nitrogens with zero attached hydrogens (tertiary/aromatic N) is 2. The zero-order chi connectivity index (χ0) is 14.3. The van der Waals surface area contributed by atoms with E-state index in [9.17, 15) is 4.79 Å². The molecule has 0 saturated heterocycles. The van der Waals surface area contributed by atoms with Crippen LogP contribution in [0.5, 0.6) is 5.75 Å². The fraction of sp³-hybridized carbons (Fsp3) is 0.200. The monoisotopic (exact) mass is 332 g/mol. The maximum Gasteiger partial charge on any atom is 0.231 e. The van der Waals surface area contributed by atoms with Crippen molar-refractivity contribution in [1.82, 2.24) is 4.98 Å². The number of hydrogen-bond acceptors (Lipinski definition) is 3. The van der Waals surface area contributed by atoms with Crippen LogP contribution in [-0.4, -0.2) is 25.0 Å². The van der Waals surface area contributed by atoms with Gasteiger partial charge in [-0.15, -0.1) is 0 Å². The Balaban J connectivity index is 2.20. The fourth-order valence-electron chi connectivity index (χ4n) is 2.53. The van der Waals surface area contributed by atoms with Gasteiger partial charge in [-0.2, -0.15) is 0 Å². The largest absolute Gasteiger partial charge is 0.496 e. The number of hydrogen-bond donors (Lipinski definition) is 0. The van der Waals surface area contributed by atoms with E-state index in [1.807, 2.05) is 18.2 Å². The molecule has 2 aromatic rings. The van der Waals surface area contributed by atoms with Gasteiger partial charge < -0.3 is 9.64 Å². The minimum atomic E-state index is 0.0859. The molecule has 0 aliphatic carbocycles. The molecule has 0 bridgehead atoms. The van der Waals surface area contributed by atoms with E-state index in [1.54, 1.807) is 31.5 Å². The summed E-state index contributed by atoms with van der Waals surface area (Å²) in [5.41, 5.74) is 3.76. The predicted molar refractivity (Wildman–Crippen MR) is 81.0 cm³/mol. The molecule has 1 aliphatic rings. The molecule has 0 fully saturated rings. The first-order chi connectivity index (χ1) is 9.61. The van der Waals surface area contributed by atoms with Gasteiger partial charge >= 0.3 is 0 Å². The number of aromatic nitrogens is 1. The maximum absolute atomic E-state index is 11.9. The molecule has 0 spiro atoms. The third kappa shape index (κ3) is 1.98. The minimum Gasteiger partial charge on any atom is -0.496 e. The van der Waals surface area contributed by atoms with Crippen molar-refractivity contribution in [2.75, 3.05) is 19.1 Å². The molecule has 2 heterocycles. The highest BCUT2D eigenvalue weighted by molar-refractivity contribution is 9.10. The van der Waals surface area contributed by atoms with Crippen molar-refractivity contribution in [2.45, 2.75) is 6.42 Å². The van der Waals surface area contributed by atoms with Crippen LogP contribution < -0.4 is 9.64 Å². The molecule has 0 unspecified atom stereocenters. The summed E-state index contributed by atoms with van der Waals surface area (Å²) in [6.07, 6.45) is 3.90. The highest BCUT2D eigenvalue weighted by Gasteiger charge is 2.28. The first-order valence-corrected chi connectivity index (χ1v) is 6.98. The summed E-state index contributed by atoms with van der Waals surface area (Å²) < 4.78 is 6.47. The van der Waals surface area contributed by atoms with Gasteiger partial charge in [-0.1, -0.05) is 0 Å². The van der Waals surface area contributed by atoms with Crippen molar-refractivity contribution in [3.63, 3.8) is 0 Å². The van der Waals surface area contributed by atoms with Crippen LogP contribution in [0, 0.1) is 0 Å². The van der Waals surface area contributed by atoms with E-state index in [0.717, 1.165) is 32.6 Å². The number of amides is 1. The van der Waals surface area contributed by atoms with Crippen LogP contribution in [-0.2, 0) is 11.2 Å². The van der Waals surface area contributed by atoms with Gasteiger partial charge in [0.25, 0.3) is 0 Å². The van der Waals surface area contributed by atoms with Gasteiger partial charge in [0.15, 0.2) is 0 Å². The van der Waals surface area contributed by atoms with Gasteiger partial charge in [0.1, 0.15) is 5.75 Å². The number of benzene rings is 1. The lowest BCUT2D eigenvalue weighted by Crippen LogP contribution is -2.20. The number of pyridine rings is 1. The van der Waals surface area contributed by atoms with Gasteiger partial charge in [-0.3, -0.25) is 9.78 Å². The van der Waals surface area contributed by atoms with Gasteiger partial charge in [0.2, 0.25) is 5.91 Å². The number of carbonyl (C=O) groups is 1. The van der Waals surface area contributed by atoms with Crippen molar-refractivity contribution in [2.24, 2.45) is 0 Å². The molecule has 3 rings (SSSR count). The van der Waals surface area contributed by atoms with Gasteiger partial charge in [-0.05, 0) is 34.1 Å². The standard InChI is InChI=1S/C15H13BrN2O2/c1-18-13-4-3-11(9-5-10(16)8-17-7-9)15(20-2)12(13)6-14(18)19/h3-5,7-8H,6H2,1-2H3. The zero-order valence-electron chi connectivity index (χ0n) is 11.2. The molecule has 4 nitrogen and oxygen atoms in total. The van der Waals surface area contributed by atoms with E-state index in [1.165, 1.54) is 0 Å². The molecule has 20 heavy (non-hydrogen) atoms. The molecule has 1 amide bonds. The Labute approximate surface area is 125 Å². The second kappa shape index (κ2) is 4.90. The van der Waals surface area contributed by atoms with E-state index in [0.29, 0.717) is 6.42 Å². The lowest BCUT2D eigenvalue weighted by Gasteiger charge is -2.15. The molecule has 0 N–H and O–H groups in total. The van der Waals surface area contributed by atoms with Crippen LogP contribution in [0.1, 0.15) is 5.56 Å². The number of fused-ring (bicyclic) bond motifs is 1. The molecule has 1 aromatic carbocycles. The number of ether oxygens (including phenoxy) is 1. The van der Waals surface area contributed by atoms with Crippen LogP contribution in [0.3, 0.4) is 0 Å². The molecule has 0 radical (unpaired) electrons. The maximum atomic E-state index is 11.9. The molecular formula is C15H13BrN2O2. The van der Waals surface area contributed by atoms with Crippen LogP contribution in [0.15, 0.2) is 35.1 Å². The first kappa shape index (κ1) is 13.1. The van der Waals surface area contributed by atoms with Crippen LogP contribution in [0.4, 0.5) is 5.69 Å². The smallest absolute Gasteiger partial charge is 0.231 e. The molecule has 1 aromatic heterocycles. The topological polar surface area (TPSA) is 42.4 Å². The summed E-state index contributed by atoms with van der Waals surface area (Å²) in [6.45, 7) is 0. The van der Waals surface area contributed by atoms with Crippen LogP contribution >= 0.6 is 15.9 Å². The molecule has 5 heteroatoms. The SMILES string of the molecule is COc1c(-c2cncc(Br)c2)ccc2c1CC(=O)N2C. The van der Waals surface area contributed by atoms with Crippen LogP contribution in [0.25, 0.3) is 11.1 Å². The molecular weight excluding hydrogens is 320 g/mol. The summed E-state index contributed by atoms with van der Waals surface area (Å²) >= 11 is 3.42. The van der Waals surface area contributed by atoms with Crippen molar-refractivity contribution >= 4 is 27.5 Å². The van der Waals surface area contributed by atoms with Crippen molar-refractivity contribution in [1.29, 1.82) is 0 Å². The van der Waals surface area contributed by atoms with Gasteiger partial charge in [0.05, 0.1) is 19.2 Å². The predicted octanol–water partition coefficient (Wildman–Crippen LogP) is 3.04. The lowest BCUT2D eigenvalue weighted by atomic mass is 10.0. The number of anilines is 1. The van der Waals surface area contributed by atoms with Crippen molar-refractivity contribution in [3.8, 4) is 16.9 Å². The van der Waals surface area contributed by atoms with E-state index in [4.69, 9.17) is 4.74 Å². The summed E-state index contributed by atoms with van der Waals surface area (Å²) in [5, 5.41) is 0. The minimum absolute atomic E-state index is 0.0859. The van der Waals surface area contributed by atoms with E-state index in [2.05, 4.69) is 20.9 Å². The molecule has 0 saturated carbocycles. The second-order valence-electron chi connectivity index (χ2n) is 4.67. The van der Waals surface area contributed by atoms with E-state index in [-0.39, 0.29) is 5.91 Å². The molecule has 0 atom stereocenters. The third-order valence-corrected chi connectivity index (χ3v) is 3.95. The van der Waals surface area contributed by atoms with E-state index < -0.39 is 0 Å². The summed E-state index contributed by atoms with van der Waals surface area (Å²) in [7, 11) is 3.42. The Kier molecular flexibility index (Phi) is 3.22. The number of methoxy groups -OCH3 is 1. The number of carbonyl (C=O) groups excluding carboxylic acids is 1. The average Bonchev–Trinajstić information content (AvgIpc) is 2.73. The second-order valence-corrected chi connectivity index (χ2v) is 5.58. The Morgan fingerprint density at radius 2 is 2.15 bits per heavy atom. The third-order valence-electron chi connectivity index (χ3n) is 3.52. The molecule has 102 valence electrons. The van der Waals surface area contributed by atoms with E-state index >= 15 is 0 Å². The van der Waals surface area contributed by atoms with Crippen molar-refractivity contribution < 1.29 is 9.53 Å². The normalized spacial score (nSPS) is 13.6. The fourth-order valence-corrected chi connectivity index (χ4v) is 2.89. The van der Waals surface area contributed by atoms with Gasteiger partial charge in [0, 0.05) is 40.6 Å². The number of likely N-dealkylation sites (N-methyl/N-ethyl adjacent to an activating group) is 1. The number of rotatable bonds is 2. The summed E-state index contributed by atoms with van der Waals surface area (Å²) in [6, 6.07) is 5.91. The Morgan fingerprint density at radius 3 is 2.85 bits per heavy atom. The highest BCUT2D eigenvalue weighted by Crippen LogP contribution is 2.41. The first-order valence-electron chi connectivity index (χ1n) is 6.19. The van der Waals surface area contributed by atoms with Gasteiger partial charge in [-0.25, -0.2) is 0 Å². The average molecular weight is 333 g/mol. The Bertz CT molecular complexity index is 700. The Hall–Kier alpha value is -1.88. The number of halogens is 1. The Morgan fingerprint density at radius 1 is 1.35 bits per heavy atom. The zero-order valence-corrected chi connectivity index (χ0v) is 12.8. The highest BCUT2D eigenvalue weighted by atomic mass is 79.9. The quantitative estimate of drug-likeness (QED) is 0.848. The molecule has 1 aliphatic heterocycles. The van der Waals surface area contributed by atoms with Crippen LogP contribution in [0.2, 0.25) is 0 Å². The lowest BCUT2D eigenvalue weighted by molar-refractivity contribution is -0.117. The van der Waals surface area contributed by atoms with Crippen molar-refractivity contribution in [3.05, 3.63) is 40.6 Å². The summed E-state index contributed by atoms with van der Waals surface area (Å²) in [4.78, 5) is 17.7. The summed E-state index contributed by atoms with van der Waals surface area (Å²) in [5.74, 6) is 0.836.